The molecule has 3 rings (SSSR count). The van der Waals surface area contributed by atoms with Crippen LogP contribution in [0.5, 0.6) is 0 Å². The number of imide groups is 1. The average molecular weight is 423 g/mol. The minimum atomic E-state index is -4.62. The first-order valence-corrected chi connectivity index (χ1v) is 8.84. The molecule has 1 heterocycles. The Morgan fingerprint density at radius 3 is 2.50 bits per heavy atom. The van der Waals surface area contributed by atoms with Crippen LogP contribution in [0.2, 0.25) is 0 Å². The minimum Gasteiger partial charge on any atom is -0.350 e. The second-order valence-corrected chi connectivity index (χ2v) is 6.89. The largest absolute Gasteiger partial charge is 0.416 e. The van der Waals surface area contributed by atoms with Crippen molar-refractivity contribution in [3.63, 3.8) is 0 Å². The maximum Gasteiger partial charge on any atom is 0.416 e. The van der Waals surface area contributed by atoms with Crippen molar-refractivity contribution in [2.75, 3.05) is 6.54 Å². The summed E-state index contributed by atoms with van der Waals surface area (Å²) < 4.78 is 52.6. The van der Waals surface area contributed by atoms with Gasteiger partial charge in [0.15, 0.2) is 0 Å². The van der Waals surface area contributed by atoms with Crippen molar-refractivity contribution < 1.29 is 31.9 Å². The second-order valence-electron chi connectivity index (χ2n) is 6.89. The molecule has 0 aliphatic carbocycles. The number of hydrogen-bond acceptors (Lipinski definition) is 3. The molecule has 10 heteroatoms. The number of benzene rings is 2. The molecule has 0 radical (unpaired) electrons. The fraction of sp³-hybridized carbons (Fsp3) is 0.250. The maximum atomic E-state index is 13.6. The van der Waals surface area contributed by atoms with E-state index in [-0.39, 0.29) is 17.7 Å². The van der Waals surface area contributed by atoms with Gasteiger partial charge in [-0.3, -0.25) is 14.5 Å². The molecule has 30 heavy (non-hydrogen) atoms. The molecular formula is C20H17F4N3O3. The summed E-state index contributed by atoms with van der Waals surface area (Å²) in [5.41, 5.74) is -2.57. The van der Waals surface area contributed by atoms with E-state index in [1.165, 1.54) is 31.2 Å². The number of urea groups is 1. The third-order valence-electron chi connectivity index (χ3n) is 4.78. The number of alkyl halides is 3. The number of hydrogen-bond donors (Lipinski definition) is 2. The van der Waals surface area contributed by atoms with Crippen LogP contribution in [-0.2, 0) is 27.8 Å². The van der Waals surface area contributed by atoms with Crippen molar-refractivity contribution in [1.29, 1.82) is 0 Å². The molecule has 4 amide bonds. The van der Waals surface area contributed by atoms with Crippen LogP contribution in [0.15, 0.2) is 48.5 Å². The number of nitrogens with one attached hydrogen (secondary N) is 2. The molecule has 0 spiro atoms. The van der Waals surface area contributed by atoms with E-state index in [0.29, 0.717) is 4.90 Å². The molecule has 2 aromatic rings. The van der Waals surface area contributed by atoms with E-state index < -0.39 is 47.5 Å². The minimum absolute atomic E-state index is 0.0649. The normalized spacial score (nSPS) is 19.0. The van der Waals surface area contributed by atoms with Gasteiger partial charge in [0.1, 0.15) is 17.9 Å². The van der Waals surface area contributed by atoms with Crippen LogP contribution in [-0.4, -0.2) is 29.3 Å². The van der Waals surface area contributed by atoms with Crippen molar-refractivity contribution in [2.45, 2.75) is 25.2 Å². The van der Waals surface area contributed by atoms with Crippen LogP contribution in [0.25, 0.3) is 0 Å². The first kappa shape index (κ1) is 21.3. The summed E-state index contributed by atoms with van der Waals surface area (Å²) in [6.07, 6.45) is -4.62. The third kappa shape index (κ3) is 4.12. The van der Waals surface area contributed by atoms with Crippen LogP contribution in [0.4, 0.5) is 22.4 Å². The number of amides is 4. The standard InChI is InChI=1S/C20H17F4N3O3/c1-19(13-6-4-7-14(9-13)20(22,23)24)17(29)27(18(30)26-19)11-16(28)25-10-12-5-2-3-8-15(12)21/h2-9H,10-11H2,1H3,(H,25,28)(H,26,30)/t19-/m0/s1. The van der Waals surface area contributed by atoms with Gasteiger partial charge in [0, 0.05) is 12.1 Å². The molecular weight excluding hydrogens is 406 g/mol. The highest BCUT2D eigenvalue weighted by Gasteiger charge is 2.50. The molecule has 6 nitrogen and oxygen atoms in total. The summed E-state index contributed by atoms with van der Waals surface area (Å²) in [6.45, 7) is 0.452. The van der Waals surface area contributed by atoms with Crippen LogP contribution >= 0.6 is 0 Å². The maximum absolute atomic E-state index is 13.6. The van der Waals surface area contributed by atoms with Gasteiger partial charge in [-0.15, -0.1) is 0 Å². The molecule has 1 fully saturated rings. The lowest BCUT2D eigenvalue weighted by atomic mass is 9.90. The zero-order valence-corrected chi connectivity index (χ0v) is 15.7. The molecule has 0 saturated carbocycles. The Kier molecular flexibility index (Phi) is 5.51. The smallest absolute Gasteiger partial charge is 0.350 e. The van der Waals surface area contributed by atoms with E-state index in [1.54, 1.807) is 6.07 Å². The topological polar surface area (TPSA) is 78.5 Å². The molecule has 1 aliphatic heterocycles. The Morgan fingerprint density at radius 1 is 1.13 bits per heavy atom. The van der Waals surface area contributed by atoms with Gasteiger partial charge in [-0.1, -0.05) is 30.3 Å². The van der Waals surface area contributed by atoms with Gasteiger partial charge in [-0.2, -0.15) is 13.2 Å². The van der Waals surface area contributed by atoms with E-state index in [2.05, 4.69) is 10.6 Å². The molecule has 2 aromatic carbocycles. The fourth-order valence-electron chi connectivity index (χ4n) is 3.08. The number of nitrogens with zero attached hydrogens (tertiary/aromatic N) is 1. The van der Waals surface area contributed by atoms with E-state index in [4.69, 9.17) is 0 Å². The van der Waals surface area contributed by atoms with Gasteiger partial charge in [0.25, 0.3) is 5.91 Å². The lowest BCUT2D eigenvalue weighted by Crippen LogP contribution is -2.43. The van der Waals surface area contributed by atoms with Gasteiger partial charge in [0.05, 0.1) is 5.56 Å². The second kappa shape index (κ2) is 7.77. The van der Waals surface area contributed by atoms with Crippen molar-refractivity contribution in [2.24, 2.45) is 0 Å². The Morgan fingerprint density at radius 2 is 1.83 bits per heavy atom. The van der Waals surface area contributed by atoms with Crippen molar-refractivity contribution in [3.8, 4) is 0 Å². The van der Waals surface area contributed by atoms with Crippen LogP contribution in [0, 0.1) is 5.82 Å². The number of halogens is 4. The quantitative estimate of drug-likeness (QED) is 0.574. The van der Waals surface area contributed by atoms with Gasteiger partial charge in [-0.05, 0) is 30.7 Å². The van der Waals surface area contributed by atoms with E-state index >= 15 is 0 Å². The summed E-state index contributed by atoms with van der Waals surface area (Å²) in [7, 11) is 0. The Labute approximate surface area is 168 Å². The van der Waals surface area contributed by atoms with Crippen LogP contribution in [0.3, 0.4) is 0 Å². The van der Waals surface area contributed by atoms with Gasteiger partial charge < -0.3 is 10.6 Å². The molecule has 1 atom stereocenters. The zero-order chi connectivity index (χ0) is 22.1. The number of carbonyl (C=O) groups is 3. The Bertz CT molecular complexity index is 1010. The van der Waals surface area contributed by atoms with Gasteiger partial charge >= 0.3 is 12.2 Å². The molecule has 0 aromatic heterocycles. The van der Waals surface area contributed by atoms with Crippen molar-refractivity contribution in [3.05, 3.63) is 71.0 Å². The van der Waals surface area contributed by atoms with E-state index in [0.717, 1.165) is 18.2 Å². The molecule has 0 bridgehead atoms. The van der Waals surface area contributed by atoms with Gasteiger partial charge in [0.2, 0.25) is 5.91 Å². The fourth-order valence-corrected chi connectivity index (χ4v) is 3.08. The first-order chi connectivity index (χ1) is 14.0. The molecule has 158 valence electrons. The summed E-state index contributed by atoms with van der Waals surface area (Å²) in [4.78, 5) is 37.8. The molecule has 1 saturated heterocycles. The highest BCUT2D eigenvalue weighted by molar-refractivity contribution is 6.09. The third-order valence-corrected chi connectivity index (χ3v) is 4.78. The summed E-state index contributed by atoms with van der Waals surface area (Å²) in [5.74, 6) is -2.12. The predicted octanol–water partition coefficient (Wildman–Crippen LogP) is 2.93. The van der Waals surface area contributed by atoms with Gasteiger partial charge in [-0.25, -0.2) is 9.18 Å². The van der Waals surface area contributed by atoms with Crippen molar-refractivity contribution in [1.82, 2.24) is 15.5 Å². The summed E-state index contributed by atoms with van der Waals surface area (Å²) >= 11 is 0. The lowest BCUT2D eigenvalue weighted by molar-refractivity contribution is -0.138. The molecule has 1 aliphatic rings. The zero-order valence-electron chi connectivity index (χ0n) is 15.7. The SMILES string of the molecule is C[C@@]1(c2cccc(C(F)(F)F)c2)NC(=O)N(CC(=O)NCc2ccccc2F)C1=O. The monoisotopic (exact) mass is 423 g/mol. The van der Waals surface area contributed by atoms with E-state index in [9.17, 15) is 31.9 Å². The Balaban J connectivity index is 1.73. The summed E-state index contributed by atoms with van der Waals surface area (Å²) in [6, 6.07) is 8.89. The molecule has 2 N–H and O–H groups in total. The highest BCUT2D eigenvalue weighted by atomic mass is 19.4. The first-order valence-electron chi connectivity index (χ1n) is 8.84. The number of carbonyl (C=O) groups excluding carboxylic acids is 3. The highest BCUT2D eigenvalue weighted by Crippen LogP contribution is 2.34. The van der Waals surface area contributed by atoms with Crippen LogP contribution < -0.4 is 10.6 Å². The van der Waals surface area contributed by atoms with Crippen molar-refractivity contribution >= 4 is 17.8 Å². The average Bonchev–Trinajstić information content (AvgIpc) is 2.91. The predicted molar refractivity (Wildman–Crippen MR) is 97.3 cm³/mol. The van der Waals surface area contributed by atoms with Crippen LogP contribution in [0.1, 0.15) is 23.6 Å². The molecule has 0 unspecified atom stereocenters. The number of rotatable bonds is 5. The van der Waals surface area contributed by atoms with E-state index in [1.807, 2.05) is 0 Å². The Hall–Kier alpha value is -3.43. The summed E-state index contributed by atoms with van der Waals surface area (Å²) in [5, 5.41) is 4.75. The lowest BCUT2D eigenvalue weighted by Gasteiger charge is -2.23.